The molecule has 0 unspecified atom stereocenters. The molecule has 1 amide bonds. The number of carbonyl (C=O) groups is 1. The Hall–Kier alpha value is -1.31. The minimum Gasteiger partial charge on any atom is -0.492 e. The second kappa shape index (κ2) is 9.94. The fourth-order valence-corrected chi connectivity index (χ4v) is 4.96. The molecule has 1 aromatic rings. The Labute approximate surface area is 176 Å². The van der Waals surface area contributed by atoms with Crippen molar-refractivity contribution in [3.05, 3.63) is 22.2 Å². The van der Waals surface area contributed by atoms with Gasteiger partial charge in [0.05, 0.1) is 31.4 Å². The average molecular weight is 455 g/mol. The van der Waals surface area contributed by atoms with Crippen molar-refractivity contribution in [3.63, 3.8) is 0 Å². The topological polar surface area (TPSA) is 60.0 Å². The number of morpholine rings is 1. The number of methoxy groups -OCH3 is 1. The molecule has 0 bridgehead atoms. The predicted octanol–water partition coefficient (Wildman–Crippen LogP) is 3.62. The van der Waals surface area contributed by atoms with Crippen LogP contribution in [-0.4, -0.2) is 62.9 Å². The molecule has 0 atom stereocenters. The van der Waals surface area contributed by atoms with Crippen molar-refractivity contribution in [2.75, 3.05) is 46.6 Å². The molecule has 0 aromatic heterocycles. The van der Waals surface area contributed by atoms with Crippen molar-refractivity contribution >= 4 is 21.8 Å². The van der Waals surface area contributed by atoms with Gasteiger partial charge < -0.3 is 19.5 Å². The summed E-state index contributed by atoms with van der Waals surface area (Å²) in [5, 5.41) is 3.20. The summed E-state index contributed by atoms with van der Waals surface area (Å²) in [5.74, 6) is 1.10. The number of nitrogens with zero attached hydrogens (tertiary/aromatic N) is 1. The number of rotatable bonds is 7. The van der Waals surface area contributed by atoms with Crippen molar-refractivity contribution in [1.82, 2.24) is 10.2 Å². The van der Waals surface area contributed by atoms with Crippen molar-refractivity contribution in [2.24, 2.45) is 0 Å². The Balaban J connectivity index is 1.74. The number of hydrogen-bond donors (Lipinski definition) is 1. The van der Waals surface area contributed by atoms with E-state index in [1.54, 1.807) is 19.2 Å². The van der Waals surface area contributed by atoms with Crippen LogP contribution in [-0.2, 0) is 4.74 Å². The minimum absolute atomic E-state index is 0.0458. The molecule has 1 aliphatic heterocycles. The van der Waals surface area contributed by atoms with Crippen molar-refractivity contribution in [1.29, 1.82) is 0 Å². The highest BCUT2D eigenvalue weighted by atomic mass is 79.9. The number of ether oxygens (including phenoxy) is 3. The van der Waals surface area contributed by atoms with Crippen LogP contribution < -0.4 is 14.8 Å². The summed E-state index contributed by atoms with van der Waals surface area (Å²) in [6.07, 6.45) is 5.97. The number of benzene rings is 1. The third kappa shape index (κ3) is 4.81. The van der Waals surface area contributed by atoms with Gasteiger partial charge in [-0.25, -0.2) is 0 Å². The van der Waals surface area contributed by atoms with E-state index in [0.717, 1.165) is 39.1 Å². The van der Waals surface area contributed by atoms with Gasteiger partial charge in [0.15, 0.2) is 11.5 Å². The smallest absolute Gasteiger partial charge is 0.251 e. The predicted molar refractivity (Wildman–Crippen MR) is 112 cm³/mol. The van der Waals surface area contributed by atoms with Crippen LogP contribution in [0.4, 0.5) is 0 Å². The Bertz CT molecular complexity index is 671. The summed E-state index contributed by atoms with van der Waals surface area (Å²) in [6.45, 7) is 6.53. The minimum atomic E-state index is -0.0810. The van der Waals surface area contributed by atoms with Gasteiger partial charge in [-0.3, -0.25) is 9.69 Å². The average Bonchev–Trinajstić information content (AvgIpc) is 2.73. The van der Waals surface area contributed by atoms with E-state index in [-0.39, 0.29) is 11.4 Å². The maximum Gasteiger partial charge on any atom is 0.251 e. The second-order valence-corrected chi connectivity index (χ2v) is 8.34. The van der Waals surface area contributed by atoms with Gasteiger partial charge in [0.1, 0.15) is 0 Å². The maximum absolute atomic E-state index is 12.9. The summed E-state index contributed by atoms with van der Waals surface area (Å²) < 4.78 is 17.3. The van der Waals surface area contributed by atoms with E-state index < -0.39 is 0 Å². The summed E-state index contributed by atoms with van der Waals surface area (Å²) in [7, 11) is 1.59. The zero-order valence-corrected chi connectivity index (χ0v) is 18.5. The Kier molecular flexibility index (Phi) is 7.60. The lowest BCUT2D eigenvalue weighted by Gasteiger charge is -2.48. The summed E-state index contributed by atoms with van der Waals surface area (Å²) in [5.41, 5.74) is 0.619. The second-order valence-electron chi connectivity index (χ2n) is 7.49. The molecule has 6 nitrogen and oxygen atoms in total. The molecule has 1 aliphatic carbocycles. The molecule has 1 saturated carbocycles. The zero-order chi connectivity index (χ0) is 20.0. The van der Waals surface area contributed by atoms with Crippen LogP contribution in [0.15, 0.2) is 16.6 Å². The number of hydrogen-bond acceptors (Lipinski definition) is 5. The van der Waals surface area contributed by atoms with Gasteiger partial charge in [-0.15, -0.1) is 0 Å². The lowest BCUT2D eigenvalue weighted by Crippen LogP contribution is -2.59. The Morgan fingerprint density at radius 2 is 1.96 bits per heavy atom. The number of halogens is 1. The quantitative estimate of drug-likeness (QED) is 0.681. The number of nitrogens with one attached hydrogen (secondary N) is 1. The van der Waals surface area contributed by atoms with Gasteiger partial charge in [0, 0.05) is 30.7 Å². The number of amides is 1. The van der Waals surface area contributed by atoms with Gasteiger partial charge in [-0.1, -0.05) is 19.3 Å². The van der Waals surface area contributed by atoms with Gasteiger partial charge in [-0.05, 0) is 47.8 Å². The van der Waals surface area contributed by atoms with Crippen LogP contribution in [0.25, 0.3) is 0 Å². The first-order valence-corrected chi connectivity index (χ1v) is 11.0. The standard InChI is InChI=1S/C21H31BrN2O4/c1-3-28-18-14-16(13-17(22)19(18)26-2)20(25)23-15-21(7-5-4-6-8-21)24-9-11-27-12-10-24/h13-14H,3-12,15H2,1-2H3,(H,23,25). The fraction of sp³-hybridized carbons (Fsp3) is 0.667. The van der Waals surface area contributed by atoms with Crippen LogP contribution >= 0.6 is 15.9 Å². The molecule has 2 aliphatic rings. The molecule has 3 rings (SSSR count). The van der Waals surface area contributed by atoms with Crippen LogP contribution in [0.5, 0.6) is 11.5 Å². The molecule has 28 heavy (non-hydrogen) atoms. The van der Waals surface area contributed by atoms with E-state index in [9.17, 15) is 4.79 Å². The fourth-order valence-electron chi connectivity index (χ4n) is 4.36. The normalized spacial score (nSPS) is 19.8. The van der Waals surface area contributed by atoms with Gasteiger partial charge in [-0.2, -0.15) is 0 Å². The van der Waals surface area contributed by atoms with E-state index in [1.165, 1.54) is 19.3 Å². The Morgan fingerprint density at radius 1 is 1.25 bits per heavy atom. The molecule has 156 valence electrons. The highest BCUT2D eigenvalue weighted by Crippen LogP contribution is 2.37. The summed E-state index contributed by atoms with van der Waals surface area (Å²) in [6, 6.07) is 3.55. The zero-order valence-electron chi connectivity index (χ0n) is 16.9. The van der Waals surface area contributed by atoms with Gasteiger partial charge >= 0.3 is 0 Å². The largest absolute Gasteiger partial charge is 0.492 e. The van der Waals surface area contributed by atoms with Crippen molar-refractivity contribution in [3.8, 4) is 11.5 Å². The highest BCUT2D eigenvalue weighted by molar-refractivity contribution is 9.10. The first kappa shape index (κ1) is 21.4. The molecular formula is C21H31BrN2O4. The monoisotopic (exact) mass is 454 g/mol. The van der Waals surface area contributed by atoms with E-state index in [2.05, 4.69) is 26.1 Å². The molecule has 1 heterocycles. The molecule has 7 heteroatoms. The maximum atomic E-state index is 12.9. The van der Waals surface area contributed by atoms with E-state index in [4.69, 9.17) is 14.2 Å². The van der Waals surface area contributed by atoms with Crippen LogP contribution in [0.2, 0.25) is 0 Å². The first-order chi connectivity index (χ1) is 13.6. The lowest BCUT2D eigenvalue weighted by molar-refractivity contribution is -0.0361. The molecule has 0 radical (unpaired) electrons. The molecule has 1 aromatic carbocycles. The molecule has 2 fully saturated rings. The molecular weight excluding hydrogens is 424 g/mol. The van der Waals surface area contributed by atoms with E-state index in [1.807, 2.05) is 6.92 Å². The third-order valence-electron chi connectivity index (χ3n) is 5.82. The van der Waals surface area contributed by atoms with Crippen LogP contribution in [0.3, 0.4) is 0 Å². The van der Waals surface area contributed by atoms with E-state index in [0.29, 0.717) is 34.7 Å². The SMILES string of the molecule is CCOc1cc(C(=O)NCC2(N3CCOCC3)CCCCC2)cc(Br)c1OC. The molecule has 1 N–H and O–H groups in total. The lowest BCUT2D eigenvalue weighted by atomic mass is 9.79. The number of carbonyl (C=O) groups excluding carboxylic acids is 1. The first-order valence-electron chi connectivity index (χ1n) is 10.2. The van der Waals surface area contributed by atoms with E-state index >= 15 is 0 Å². The summed E-state index contributed by atoms with van der Waals surface area (Å²) >= 11 is 3.49. The highest BCUT2D eigenvalue weighted by Gasteiger charge is 2.38. The van der Waals surface area contributed by atoms with Gasteiger partial charge in [0.25, 0.3) is 5.91 Å². The van der Waals surface area contributed by atoms with Crippen LogP contribution in [0, 0.1) is 0 Å². The summed E-state index contributed by atoms with van der Waals surface area (Å²) in [4.78, 5) is 15.5. The van der Waals surface area contributed by atoms with Gasteiger partial charge in [0.2, 0.25) is 0 Å². The third-order valence-corrected chi connectivity index (χ3v) is 6.41. The van der Waals surface area contributed by atoms with Crippen molar-refractivity contribution in [2.45, 2.75) is 44.6 Å². The Morgan fingerprint density at radius 3 is 2.61 bits per heavy atom. The molecule has 1 saturated heterocycles. The van der Waals surface area contributed by atoms with Crippen LogP contribution in [0.1, 0.15) is 49.4 Å². The van der Waals surface area contributed by atoms with Crippen molar-refractivity contribution < 1.29 is 19.0 Å². The molecule has 0 spiro atoms.